The molecule has 1 aromatic carbocycles. The zero-order valence-electron chi connectivity index (χ0n) is 14.6. The maximum atomic E-state index is 11.9. The number of hydrogen-bond acceptors (Lipinski definition) is 7. The summed E-state index contributed by atoms with van der Waals surface area (Å²) in [6.07, 6.45) is 1.50. The number of carbonyl (C=O) groups is 1. The van der Waals surface area contributed by atoms with Gasteiger partial charge in [0.2, 0.25) is 11.8 Å². The minimum atomic E-state index is -0.414. The molecule has 27 heavy (non-hydrogen) atoms. The molecule has 0 saturated heterocycles. The smallest absolute Gasteiger partial charge is 0.341 e. The van der Waals surface area contributed by atoms with E-state index in [1.165, 1.54) is 6.20 Å². The number of pyridine rings is 1. The average Bonchev–Trinajstić information content (AvgIpc) is 3.08. The van der Waals surface area contributed by atoms with E-state index in [0.29, 0.717) is 28.2 Å². The molecule has 0 atom stereocenters. The molecule has 0 aliphatic heterocycles. The Morgan fingerprint density at radius 2 is 2.11 bits per heavy atom. The van der Waals surface area contributed by atoms with Gasteiger partial charge in [0, 0.05) is 6.07 Å². The minimum Gasteiger partial charge on any atom is -0.493 e. The lowest BCUT2D eigenvalue weighted by molar-refractivity contribution is -0.113. The van der Waals surface area contributed by atoms with Crippen molar-refractivity contribution in [3.8, 4) is 17.4 Å². The number of aromatic nitrogens is 4. The van der Waals surface area contributed by atoms with Crippen molar-refractivity contribution >= 4 is 23.4 Å². The van der Waals surface area contributed by atoms with E-state index in [4.69, 9.17) is 9.47 Å². The van der Waals surface area contributed by atoms with Gasteiger partial charge >= 0.3 is 5.69 Å². The standard InChI is InChI=1S/C17H17N5O4S/c1-10-3-5-12(13(7-10)25-2)26-15-6-4-11(8-18-15)19-14(23)9-27-17-20-16(24)21-22-17/h3-8H,9H2,1-2H3,(H,19,23)(H2,20,21,22,24). The van der Waals surface area contributed by atoms with Crippen LogP contribution in [-0.4, -0.2) is 38.9 Å². The lowest BCUT2D eigenvalue weighted by Crippen LogP contribution is -2.14. The third kappa shape index (κ3) is 5.11. The van der Waals surface area contributed by atoms with Crippen LogP contribution in [0.25, 0.3) is 0 Å². The van der Waals surface area contributed by atoms with Crippen LogP contribution in [0.4, 0.5) is 5.69 Å². The third-order valence-electron chi connectivity index (χ3n) is 3.37. The summed E-state index contributed by atoms with van der Waals surface area (Å²) >= 11 is 1.11. The lowest BCUT2D eigenvalue weighted by Gasteiger charge is -2.10. The van der Waals surface area contributed by atoms with Crippen molar-refractivity contribution in [3.63, 3.8) is 0 Å². The van der Waals surface area contributed by atoms with E-state index in [1.54, 1.807) is 19.2 Å². The first-order chi connectivity index (χ1) is 13.0. The van der Waals surface area contributed by atoms with Crippen LogP contribution in [0, 0.1) is 6.92 Å². The number of hydrogen-bond donors (Lipinski definition) is 3. The first-order valence-corrected chi connectivity index (χ1v) is 8.88. The molecule has 1 amide bonds. The molecule has 0 aliphatic rings. The number of aryl methyl sites for hydroxylation is 1. The van der Waals surface area contributed by atoms with Gasteiger partial charge in [-0.2, -0.15) is 0 Å². The van der Waals surface area contributed by atoms with E-state index < -0.39 is 5.69 Å². The summed E-state index contributed by atoms with van der Waals surface area (Å²) in [7, 11) is 1.57. The molecule has 9 nitrogen and oxygen atoms in total. The van der Waals surface area contributed by atoms with Crippen molar-refractivity contribution in [2.75, 3.05) is 18.2 Å². The number of rotatable bonds is 7. The average molecular weight is 387 g/mol. The molecule has 3 N–H and O–H groups in total. The van der Waals surface area contributed by atoms with E-state index in [9.17, 15) is 9.59 Å². The summed E-state index contributed by atoms with van der Waals surface area (Å²) in [4.78, 5) is 29.5. The number of nitrogens with zero attached hydrogens (tertiary/aromatic N) is 2. The molecule has 0 unspecified atom stereocenters. The number of benzene rings is 1. The molecule has 10 heteroatoms. The fourth-order valence-corrected chi connectivity index (χ4v) is 2.76. The van der Waals surface area contributed by atoms with Crippen LogP contribution in [0.3, 0.4) is 0 Å². The predicted molar refractivity (Wildman–Crippen MR) is 101 cm³/mol. The number of ether oxygens (including phenoxy) is 2. The Hall–Kier alpha value is -3.27. The Balaban J connectivity index is 1.57. The van der Waals surface area contributed by atoms with Crippen molar-refractivity contribution in [1.29, 1.82) is 0 Å². The van der Waals surface area contributed by atoms with E-state index in [1.807, 2.05) is 25.1 Å². The number of nitrogens with one attached hydrogen (secondary N) is 3. The molecule has 0 saturated carbocycles. The quantitative estimate of drug-likeness (QED) is 0.532. The monoisotopic (exact) mass is 387 g/mol. The Bertz CT molecular complexity index is 983. The predicted octanol–water partition coefficient (Wildman–Crippen LogP) is 2.33. The van der Waals surface area contributed by atoms with Crippen LogP contribution >= 0.6 is 11.8 Å². The Morgan fingerprint density at radius 1 is 1.26 bits per heavy atom. The summed E-state index contributed by atoms with van der Waals surface area (Å²) in [5, 5.41) is 9.01. The van der Waals surface area contributed by atoms with Crippen LogP contribution in [-0.2, 0) is 4.79 Å². The normalized spacial score (nSPS) is 10.4. The number of methoxy groups -OCH3 is 1. The molecule has 0 fully saturated rings. The second-order valence-electron chi connectivity index (χ2n) is 5.46. The Kier molecular flexibility index (Phi) is 5.77. The molecule has 0 radical (unpaired) electrons. The van der Waals surface area contributed by atoms with Crippen molar-refractivity contribution in [2.45, 2.75) is 12.1 Å². The van der Waals surface area contributed by atoms with E-state index in [-0.39, 0.29) is 11.7 Å². The lowest BCUT2D eigenvalue weighted by atomic mass is 10.2. The molecule has 2 heterocycles. The molecule has 2 aromatic heterocycles. The van der Waals surface area contributed by atoms with Crippen LogP contribution in [0.2, 0.25) is 0 Å². The maximum Gasteiger partial charge on any atom is 0.341 e. The Morgan fingerprint density at radius 3 is 2.78 bits per heavy atom. The first kappa shape index (κ1) is 18.5. The molecule has 0 bridgehead atoms. The van der Waals surface area contributed by atoms with Gasteiger partial charge in [-0.05, 0) is 30.7 Å². The van der Waals surface area contributed by atoms with Crippen LogP contribution in [0.1, 0.15) is 5.56 Å². The number of anilines is 1. The van der Waals surface area contributed by atoms with Crippen LogP contribution in [0.15, 0.2) is 46.5 Å². The highest BCUT2D eigenvalue weighted by molar-refractivity contribution is 7.99. The van der Waals surface area contributed by atoms with E-state index >= 15 is 0 Å². The zero-order chi connectivity index (χ0) is 19.2. The number of carbonyl (C=O) groups excluding carboxylic acids is 1. The summed E-state index contributed by atoms with van der Waals surface area (Å²) in [6.45, 7) is 1.96. The molecule has 0 aliphatic carbocycles. The highest BCUT2D eigenvalue weighted by Gasteiger charge is 2.09. The van der Waals surface area contributed by atoms with Gasteiger partial charge < -0.3 is 14.8 Å². The highest BCUT2D eigenvalue weighted by atomic mass is 32.2. The number of amides is 1. The molecule has 3 aromatic rings. The van der Waals surface area contributed by atoms with Gasteiger partial charge in [0.15, 0.2) is 16.7 Å². The second kappa shape index (κ2) is 8.41. The number of H-pyrrole nitrogens is 2. The summed E-state index contributed by atoms with van der Waals surface area (Å²) in [6, 6.07) is 8.92. The number of thioether (sulfide) groups is 1. The fraction of sp³-hybridized carbons (Fsp3) is 0.176. The molecule has 140 valence electrons. The van der Waals surface area contributed by atoms with E-state index in [0.717, 1.165) is 17.3 Å². The topological polar surface area (TPSA) is 122 Å². The summed E-state index contributed by atoms with van der Waals surface area (Å²) in [5.41, 5.74) is 1.17. The largest absolute Gasteiger partial charge is 0.493 e. The van der Waals surface area contributed by atoms with Crippen molar-refractivity contribution in [2.24, 2.45) is 0 Å². The SMILES string of the molecule is COc1cc(C)ccc1Oc1ccc(NC(=O)CSc2n[nH]c(=O)[nH]2)cn1. The first-order valence-electron chi connectivity index (χ1n) is 7.89. The van der Waals surface area contributed by atoms with Gasteiger partial charge in [0.05, 0.1) is 24.7 Å². The molecule has 3 rings (SSSR count). The molecular formula is C17H17N5O4S. The summed E-state index contributed by atoms with van der Waals surface area (Å²) in [5.74, 6) is 1.39. The van der Waals surface area contributed by atoms with Gasteiger partial charge in [-0.3, -0.25) is 9.78 Å². The minimum absolute atomic E-state index is 0.0968. The van der Waals surface area contributed by atoms with Gasteiger partial charge in [-0.15, -0.1) is 5.10 Å². The Labute approximate surface area is 158 Å². The maximum absolute atomic E-state index is 11.9. The van der Waals surface area contributed by atoms with Crippen LogP contribution in [0.5, 0.6) is 17.4 Å². The van der Waals surface area contributed by atoms with Crippen molar-refractivity contribution in [1.82, 2.24) is 20.2 Å². The van der Waals surface area contributed by atoms with Crippen LogP contribution < -0.4 is 20.5 Å². The van der Waals surface area contributed by atoms with E-state index in [2.05, 4.69) is 25.5 Å². The second-order valence-corrected chi connectivity index (χ2v) is 6.43. The van der Waals surface area contributed by atoms with Gasteiger partial charge in [-0.1, -0.05) is 17.8 Å². The highest BCUT2D eigenvalue weighted by Crippen LogP contribution is 2.31. The van der Waals surface area contributed by atoms with Crippen molar-refractivity contribution < 1.29 is 14.3 Å². The third-order valence-corrected chi connectivity index (χ3v) is 4.25. The van der Waals surface area contributed by atoms with Gasteiger partial charge in [0.1, 0.15) is 0 Å². The zero-order valence-corrected chi connectivity index (χ0v) is 15.4. The molecule has 0 spiro atoms. The van der Waals surface area contributed by atoms with Gasteiger partial charge in [0.25, 0.3) is 0 Å². The molecular weight excluding hydrogens is 370 g/mol. The fourth-order valence-electron chi connectivity index (χ4n) is 2.14. The number of aromatic amines is 2. The van der Waals surface area contributed by atoms with Crippen molar-refractivity contribution in [3.05, 3.63) is 52.6 Å². The van der Waals surface area contributed by atoms with Gasteiger partial charge in [-0.25, -0.2) is 14.9 Å². The summed E-state index contributed by atoms with van der Waals surface area (Å²) < 4.78 is 11.0.